The molecule has 34 heavy (non-hydrogen) atoms. The van der Waals surface area contributed by atoms with Crippen molar-refractivity contribution < 1.29 is 45.2 Å². The Morgan fingerprint density at radius 3 is 2.47 bits per heavy atom. The lowest BCUT2D eigenvalue weighted by molar-refractivity contribution is -0.686. The maximum atomic E-state index is 6.31. The van der Waals surface area contributed by atoms with E-state index >= 15 is 0 Å². The van der Waals surface area contributed by atoms with Gasteiger partial charge in [-0.2, -0.15) is 4.57 Å². The fourth-order valence-electron chi connectivity index (χ4n) is 4.58. The Bertz CT molecular complexity index is 1370. The molecule has 6 nitrogen and oxygen atoms in total. The van der Waals surface area contributed by atoms with Gasteiger partial charge in [-0.15, -0.1) is 0 Å². The number of pyridine rings is 1. The molecular weight excluding hydrogens is 498 g/mol. The topological polar surface area (TPSA) is 50.0 Å². The summed E-state index contributed by atoms with van der Waals surface area (Å²) >= 11 is 0. The van der Waals surface area contributed by atoms with Gasteiger partial charge in [0.25, 0.3) is 0 Å². The van der Waals surface area contributed by atoms with Gasteiger partial charge >= 0.3 is 0 Å². The summed E-state index contributed by atoms with van der Waals surface area (Å²) in [6.07, 6.45) is 3.10. The van der Waals surface area contributed by atoms with Gasteiger partial charge in [-0.25, -0.2) is 0 Å². The van der Waals surface area contributed by atoms with E-state index in [1.165, 1.54) is 11.1 Å². The van der Waals surface area contributed by atoms with Crippen LogP contribution >= 0.6 is 0 Å². The number of aromatic nitrogens is 1. The largest absolute Gasteiger partial charge is 1.00 e. The summed E-state index contributed by atoms with van der Waals surface area (Å²) in [5.74, 6) is 3.93. The first-order valence-corrected chi connectivity index (χ1v) is 11.0. The minimum absolute atomic E-state index is 0. The van der Waals surface area contributed by atoms with Crippen LogP contribution in [0.1, 0.15) is 11.1 Å². The lowest BCUT2D eigenvalue weighted by atomic mass is 9.95. The molecule has 174 valence electrons. The Morgan fingerprint density at radius 2 is 1.71 bits per heavy atom. The second-order valence-corrected chi connectivity index (χ2v) is 8.20. The van der Waals surface area contributed by atoms with Crippen LogP contribution in [0.15, 0.2) is 60.8 Å². The maximum absolute atomic E-state index is 6.31. The van der Waals surface area contributed by atoms with Crippen LogP contribution < -0.4 is 45.2 Å². The standard InChI is InChI=1S/C27H24NO5.BrH/c1-29-20-6-3-17(4-7-20)15-31-27-22-14-28-10-9-19-12-25-26(33-16-32-25)13-21(19)23(28)11-18(22)5-8-24(27)30-2;/h3-8,11-14H,9-10,15-16H2,1-2H3;1H/q+1;/p-1. The molecule has 0 fully saturated rings. The summed E-state index contributed by atoms with van der Waals surface area (Å²) in [6, 6.07) is 18.4. The Morgan fingerprint density at radius 1 is 0.912 bits per heavy atom. The zero-order valence-electron chi connectivity index (χ0n) is 19.0. The third-order valence-corrected chi connectivity index (χ3v) is 6.34. The van der Waals surface area contributed by atoms with Gasteiger partial charge in [0.2, 0.25) is 12.5 Å². The molecule has 4 aromatic rings. The van der Waals surface area contributed by atoms with E-state index in [1.807, 2.05) is 30.3 Å². The number of ether oxygens (including phenoxy) is 5. The van der Waals surface area contributed by atoms with E-state index in [4.69, 9.17) is 23.7 Å². The lowest BCUT2D eigenvalue weighted by Crippen LogP contribution is -3.00. The predicted molar refractivity (Wildman–Crippen MR) is 123 cm³/mol. The lowest BCUT2D eigenvalue weighted by Gasteiger charge is -2.18. The third kappa shape index (κ3) is 3.80. The molecule has 0 unspecified atom stereocenters. The molecule has 6 rings (SSSR count). The van der Waals surface area contributed by atoms with Crippen LogP contribution in [0.25, 0.3) is 22.0 Å². The van der Waals surface area contributed by atoms with Gasteiger partial charge in [0.15, 0.2) is 35.7 Å². The molecule has 2 aliphatic heterocycles. The van der Waals surface area contributed by atoms with E-state index in [9.17, 15) is 0 Å². The highest BCUT2D eigenvalue weighted by atomic mass is 79.9. The molecule has 0 amide bonds. The summed E-state index contributed by atoms with van der Waals surface area (Å²) in [7, 11) is 3.34. The van der Waals surface area contributed by atoms with Crippen molar-refractivity contribution in [3.63, 3.8) is 0 Å². The van der Waals surface area contributed by atoms with Crippen molar-refractivity contribution in [2.75, 3.05) is 21.0 Å². The van der Waals surface area contributed by atoms with Crippen LogP contribution in [-0.4, -0.2) is 21.0 Å². The molecule has 2 aliphatic rings. The molecule has 7 heteroatoms. The van der Waals surface area contributed by atoms with Crippen molar-refractivity contribution in [3.8, 4) is 40.0 Å². The van der Waals surface area contributed by atoms with Gasteiger partial charge in [0, 0.05) is 12.5 Å². The van der Waals surface area contributed by atoms with E-state index in [-0.39, 0.29) is 23.8 Å². The van der Waals surface area contributed by atoms with Gasteiger partial charge < -0.3 is 40.7 Å². The smallest absolute Gasteiger partial charge is 0.231 e. The van der Waals surface area contributed by atoms with Gasteiger partial charge in [-0.1, -0.05) is 12.1 Å². The van der Waals surface area contributed by atoms with Crippen LogP contribution in [0.5, 0.6) is 28.7 Å². The number of aryl methyl sites for hydroxylation is 2. The Balaban J connectivity index is 0.00000241. The van der Waals surface area contributed by atoms with E-state index < -0.39 is 0 Å². The fraction of sp³-hybridized carbons (Fsp3) is 0.222. The average Bonchev–Trinajstić information content (AvgIpc) is 3.32. The number of halogens is 1. The first kappa shape index (κ1) is 22.3. The molecule has 3 aromatic carbocycles. The zero-order chi connectivity index (χ0) is 22.4. The zero-order valence-corrected chi connectivity index (χ0v) is 20.6. The van der Waals surface area contributed by atoms with E-state index in [0.717, 1.165) is 63.7 Å². The normalized spacial score (nSPS) is 13.0. The SMILES string of the molecule is COc1ccc(COc2c(OC)ccc3cc4[n+](cc23)CCc2cc3c(cc2-4)OCO3)cc1.[Br-]. The van der Waals surface area contributed by atoms with Gasteiger partial charge in [0.05, 0.1) is 25.2 Å². The summed E-state index contributed by atoms with van der Waals surface area (Å²) < 4.78 is 30.7. The van der Waals surface area contributed by atoms with Crippen molar-refractivity contribution in [2.45, 2.75) is 19.6 Å². The summed E-state index contributed by atoms with van der Waals surface area (Å²) in [5, 5.41) is 2.12. The highest BCUT2D eigenvalue weighted by Crippen LogP contribution is 2.41. The molecule has 0 radical (unpaired) electrons. The summed E-state index contributed by atoms with van der Waals surface area (Å²) in [6.45, 7) is 1.60. The number of nitrogens with zero attached hydrogens (tertiary/aromatic N) is 1. The first-order valence-electron chi connectivity index (χ1n) is 11.0. The molecule has 0 aliphatic carbocycles. The molecule has 0 N–H and O–H groups in total. The Hall–Kier alpha value is -3.45. The molecule has 3 heterocycles. The Kier molecular flexibility index (Phi) is 5.96. The molecule has 0 spiro atoms. The van der Waals surface area contributed by atoms with Crippen LogP contribution in [0.2, 0.25) is 0 Å². The molecule has 0 bridgehead atoms. The second-order valence-electron chi connectivity index (χ2n) is 8.20. The Labute approximate surface area is 208 Å². The van der Waals surface area contributed by atoms with E-state index in [2.05, 4.69) is 35.0 Å². The monoisotopic (exact) mass is 521 g/mol. The van der Waals surface area contributed by atoms with Crippen LogP contribution in [-0.2, 0) is 19.6 Å². The number of hydrogen-bond donors (Lipinski definition) is 0. The van der Waals surface area contributed by atoms with E-state index in [1.54, 1.807) is 14.2 Å². The van der Waals surface area contributed by atoms with Gasteiger partial charge in [-0.05, 0) is 52.9 Å². The molecular formula is C27H24BrNO5. The first-order chi connectivity index (χ1) is 16.2. The quantitative estimate of drug-likeness (QED) is 0.374. The van der Waals surface area contributed by atoms with Crippen LogP contribution in [0, 0.1) is 0 Å². The molecule has 1 aromatic heterocycles. The predicted octanol–water partition coefficient (Wildman–Crippen LogP) is 1.68. The van der Waals surface area contributed by atoms with Crippen molar-refractivity contribution in [1.82, 2.24) is 0 Å². The second kappa shape index (κ2) is 9.06. The molecule has 0 saturated heterocycles. The minimum Gasteiger partial charge on any atom is -1.00 e. The number of rotatable bonds is 5. The molecule has 0 saturated carbocycles. The van der Waals surface area contributed by atoms with Crippen LogP contribution in [0.3, 0.4) is 0 Å². The average molecular weight is 522 g/mol. The van der Waals surface area contributed by atoms with Crippen molar-refractivity contribution in [3.05, 3.63) is 71.9 Å². The molecule has 0 atom stereocenters. The summed E-state index contributed by atoms with van der Waals surface area (Å²) in [5.41, 5.74) is 4.69. The fourth-order valence-corrected chi connectivity index (χ4v) is 4.58. The number of hydrogen-bond acceptors (Lipinski definition) is 5. The van der Waals surface area contributed by atoms with Gasteiger partial charge in [0.1, 0.15) is 12.4 Å². The number of fused-ring (bicyclic) bond motifs is 5. The van der Waals surface area contributed by atoms with Gasteiger partial charge in [-0.3, -0.25) is 0 Å². The third-order valence-electron chi connectivity index (χ3n) is 6.34. The number of benzene rings is 3. The summed E-state index contributed by atoms with van der Waals surface area (Å²) in [4.78, 5) is 0. The number of methoxy groups -OCH3 is 2. The maximum Gasteiger partial charge on any atom is 0.231 e. The highest BCUT2D eigenvalue weighted by molar-refractivity contribution is 5.91. The van der Waals surface area contributed by atoms with E-state index in [0.29, 0.717) is 6.61 Å². The highest BCUT2D eigenvalue weighted by Gasteiger charge is 2.28. The van der Waals surface area contributed by atoms with Crippen molar-refractivity contribution >= 4 is 10.8 Å². The van der Waals surface area contributed by atoms with Crippen LogP contribution in [0.4, 0.5) is 0 Å². The van der Waals surface area contributed by atoms with Crippen molar-refractivity contribution in [1.29, 1.82) is 0 Å². The minimum atomic E-state index is 0. The van der Waals surface area contributed by atoms with Crippen molar-refractivity contribution in [2.24, 2.45) is 0 Å².